The number of aromatic nitrogens is 3. The lowest BCUT2D eigenvalue weighted by Gasteiger charge is -2.41. The summed E-state index contributed by atoms with van der Waals surface area (Å²) in [5.41, 5.74) is 1.74. The Morgan fingerprint density at radius 1 is 1.23 bits per heavy atom. The van der Waals surface area contributed by atoms with Crippen LogP contribution in [0.2, 0.25) is 0 Å². The first-order valence-electron chi connectivity index (χ1n) is 10.9. The van der Waals surface area contributed by atoms with Crippen molar-refractivity contribution in [1.82, 2.24) is 19.7 Å². The number of carbonyl (C=O) groups is 1. The van der Waals surface area contributed by atoms with Gasteiger partial charge in [0.25, 0.3) is 0 Å². The van der Waals surface area contributed by atoms with Crippen LogP contribution in [-0.4, -0.2) is 50.9 Å². The summed E-state index contributed by atoms with van der Waals surface area (Å²) in [7, 11) is 0. The molecule has 2 atom stereocenters. The molecule has 1 N–H and O–H groups in total. The lowest BCUT2D eigenvalue weighted by Crippen LogP contribution is -2.47. The van der Waals surface area contributed by atoms with E-state index in [-0.39, 0.29) is 24.3 Å². The van der Waals surface area contributed by atoms with Gasteiger partial charge in [-0.15, -0.1) is 0 Å². The van der Waals surface area contributed by atoms with Crippen LogP contribution in [0.3, 0.4) is 0 Å². The summed E-state index contributed by atoms with van der Waals surface area (Å²) in [6.07, 6.45) is 2.67. The fraction of sp³-hybridized carbons (Fsp3) is 0.591. The van der Waals surface area contributed by atoms with Gasteiger partial charge in [0, 0.05) is 44.0 Å². The Kier molecular flexibility index (Phi) is 6.20. The van der Waals surface area contributed by atoms with Crippen molar-refractivity contribution in [3.05, 3.63) is 41.9 Å². The molecule has 2 aliphatic heterocycles. The van der Waals surface area contributed by atoms with Crippen LogP contribution in [0.4, 0.5) is 19.0 Å². The van der Waals surface area contributed by atoms with Gasteiger partial charge in [-0.3, -0.25) is 9.78 Å². The molecule has 0 aromatic carbocycles. The number of carbonyl (C=O) groups excluding carboxylic acids is 1. The summed E-state index contributed by atoms with van der Waals surface area (Å²) in [4.78, 5) is 18.4. The molecule has 9 heteroatoms. The molecule has 6 nitrogen and oxygen atoms in total. The maximum Gasteiger partial charge on any atom is 0.410 e. The zero-order valence-corrected chi connectivity index (χ0v) is 17.6. The number of likely N-dealkylation sites (tertiary alicyclic amines) is 1. The van der Waals surface area contributed by atoms with Gasteiger partial charge in [0.15, 0.2) is 6.04 Å². The normalized spacial score (nSPS) is 22.1. The van der Waals surface area contributed by atoms with Crippen molar-refractivity contribution >= 4 is 11.7 Å². The third-order valence-corrected chi connectivity index (χ3v) is 6.41. The standard InChI is InChI=1S/C22H28F3N5O/c1-15-13-20-27-18(14-19(22(23,24)25)30(20)28-15)17-7-11-29(12-8-17)21(31)4-2-3-16-5-9-26-10-6-16/h5-6,9-10,13,17-19,27H,2-4,7-8,11-12,14H2,1H3/t18-,19+/m0/s1. The molecule has 4 heterocycles. The van der Waals surface area contributed by atoms with Crippen LogP contribution in [0.15, 0.2) is 30.6 Å². The van der Waals surface area contributed by atoms with E-state index in [9.17, 15) is 18.0 Å². The van der Waals surface area contributed by atoms with Crippen LogP contribution < -0.4 is 5.32 Å². The molecule has 0 saturated carbocycles. The first-order chi connectivity index (χ1) is 14.8. The lowest BCUT2D eigenvalue weighted by atomic mass is 9.84. The quantitative estimate of drug-likeness (QED) is 0.767. The summed E-state index contributed by atoms with van der Waals surface area (Å²) in [6, 6.07) is 3.71. The number of pyridine rings is 1. The monoisotopic (exact) mass is 435 g/mol. The van der Waals surface area contributed by atoms with Gasteiger partial charge in [-0.05, 0) is 62.6 Å². The smallest absolute Gasteiger partial charge is 0.367 e. The minimum Gasteiger partial charge on any atom is -0.367 e. The predicted molar refractivity (Wildman–Crippen MR) is 111 cm³/mol. The van der Waals surface area contributed by atoms with Gasteiger partial charge in [-0.1, -0.05) is 0 Å². The maximum atomic E-state index is 13.6. The largest absolute Gasteiger partial charge is 0.410 e. The Hall–Kier alpha value is -2.58. The molecule has 1 saturated heterocycles. The van der Waals surface area contributed by atoms with Crippen molar-refractivity contribution in [3.63, 3.8) is 0 Å². The highest BCUT2D eigenvalue weighted by Crippen LogP contribution is 2.42. The SMILES string of the molecule is Cc1cc2n(n1)[C@@H](C(F)(F)F)C[C@@H](C1CCN(C(=O)CCCc3ccncc3)CC1)N2. The van der Waals surface area contributed by atoms with Crippen LogP contribution in [0, 0.1) is 12.8 Å². The van der Waals surface area contributed by atoms with E-state index in [0.717, 1.165) is 17.5 Å². The molecular formula is C22H28F3N5O. The highest BCUT2D eigenvalue weighted by Gasteiger charge is 2.47. The Balaban J connectivity index is 1.30. The zero-order chi connectivity index (χ0) is 22.0. The van der Waals surface area contributed by atoms with Crippen molar-refractivity contribution in [3.8, 4) is 0 Å². The van der Waals surface area contributed by atoms with E-state index in [0.29, 0.717) is 43.9 Å². The van der Waals surface area contributed by atoms with Crippen molar-refractivity contribution in [2.75, 3.05) is 18.4 Å². The molecule has 4 rings (SSSR count). The fourth-order valence-electron chi connectivity index (χ4n) is 4.74. The summed E-state index contributed by atoms with van der Waals surface area (Å²) in [6.45, 7) is 2.91. The summed E-state index contributed by atoms with van der Waals surface area (Å²) < 4.78 is 42.0. The highest BCUT2D eigenvalue weighted by atomic mass is 19.4. The van der Waals surface area contributed by atoms with Gasteiger partial charge in [-0.2, -0.15) is 18.3 Å². The average Bonchev–Trinajstić information content (AvgIpc) is 3.13. The Morgan fingerprint density at radius 3 is 2.61 bits per heavy atom. The third kappa shape index (κ3) is 5.02. The number of fused-ring (bicyclic) bond motifs is 1. The Bertz CT molecular complexity index is 890. The molecule has 0 aliphatic carbocycles. The molecule has 31 heavy (non-hydrogen) atoms. The lowest BCUT2D eigenvalue weighted by molar-refractivity contribution is -0.174. The van der Waals surface area contributed by atoms with Crippen molar-refractivity contribution in [2.45, 2.75) is 63.7 Å². The number of piperidine rings is 1. The van der Waals surface area contributed by atoms with Gasteiger partial charge in [-0.25, -0.2) is 4.68 Å². The minimum absolute atomic E-state index is 0.0256. The number of halogens is 3. The molecule has 0 bridgehead atoms. The number of alkyl halides is 3. The van der Waals surface area contributed by atoms with Crippen molar-refractivity contribution in [1.29, 1.82) is 0 Å². The number of hydrogen-bond donors (Lipinski definition) is 1. The molecule has 0 spiro atoms. The first kappa shape index (κ1) is 21.6. The number of rotatable bonds is 5. The van der Waals surface area contributed by atoms with E-state index in [2.05, 4.69) is 15.4 Å². The first-order valence-corrected chi connectivity index (χ1v) is 10.9. The maximum absolute atomic E-state index is 13.6. The molecule has 0 radical (unpaired) electrons. The average molecular weight is 435 g/mol. The van der Waals surface area contributed by atoms with Gasteiger partial charge in [0.1, 0.15) is 5.82 Å². The molecular weight excluding hydrogens is 407 g/mol. The second kappa shape index (κ2) is 8.88. The van der Waals surface area contributed by atoms with Crippen LogP contribution in [-0.2, 0) is 11.2 Å². The molecule has 1 amide bonds. The minimum atomic E-state index is -4.33. The topological polar surface area (TPSA) is 63.1 Å². The van der Waals surface area contributed by atoms with E-state index >= 15 is 0 Å². The summed E-state index contributed by atoms with van der Waals surface area (Å²) in [5, 5.41) is 7.32. The second-order valence-electron chi connectivity index (χ2n) is 8.59. The molecule has 2 aliphatic rings. The van der Waals surface area contributed by atoms with Gasteiger partial charge in [0.2, 0.25) is 5.91 Å². The number of aryl methyl sites for hydroxylation is 2. The third-order valence-electron chi connectivity index (χ3n) is 6.41. The van der Waals surface area contributed by atoms with E-state index < -0.39 is 12.2 Å². The van der Waals surface area contributed by atoms with E-state index in [1.54, 1.807) is 25.4 Å². The molecule has 1 fully saturated rings. The molecule has 0 unspecified atom stereocenters. The zero-order valence-electron chi connectivity index (χ0n) is 17.6. The van der Waals surface area contributed by atoms with Gasteiger partial charge < -0.3 is 10.2 Å². The van der Waals surface area contributed by atoms with Gasteiger partial charge >= 0.3 is 6.18 Å². The number of anilines is 1. The number of hydrogen-bond acceptors (Lipinski definition) is 4. The predicted octanol–water partition coefficient (Wildman–Crippen LogP) is 4.14. The number of nitrogens with zero attached hydrogens (tertiary/aromatic N) is 4. The molecule has 2 aromatic heterocycles. The van der Waals surface area contributed by atoms with E-state index in [4.69, 9.17) is 0 Å². The van der Waals surface area contributed by atoms with Crippen LogP contribution in [0.5, 0.6) is 0 Å². The summed E-state index contributed by atoms with van der Waals surface area (Å²) >= 11 is 0. The Labute approximate surface area is 179 Å². The highest BCUT2D eigenvalue weighted by molar-refractivity contribution is 5.76. The van der Waals surface area contributed by atoms with Crippen molar-refractivity contribution in [2.24, 2.45) is 5.92 Å². The molecule has 2 aromatic rings. The second-order valence-corrected chi connectivity index (χ2v) is 8.59. The van der Waals surface area contributed by atoms with E-state index in [1.807, 2.05) is 17.0 Å². The van der Waals surface area contributed by atoms with Crippen LogP contribution in [0.1, 0.15) is 49.4 Å². The van der Waals surface area contributed by atoms with Crippen LogP contribution in [0.25, 0.3) is 0 Å². The van der Waals surface area contributed by atoms with Crippen LogP contribution >= 0.6 is 0 Å². The Morgan fingerprint density at radius 2 is 1.94 bits per heavy atom. The van der Waals surface area contributed by atoms with E-state index in [1.165, 1.54) is 5.56 Å². The molecule has 168 valence electrons. The summed E-state index contributed by atoms with van der Waals surface area (Å²) in [5.74, 6) is 0.673. The number of nitrogens with one attached hydrogen (secondary N) is 1. The number of amides is 1. The fourth-order valence-corrected chi connectivity index (χ4v) is 4.74. The van der Waals surface area contributed by atoms with Gasteiger partial charge in [0.05, 0.1) is 5.69 Å². The van der Waals surface area contributed by atoms with Crippen molar-refractivity contribution < 1.29 is 18.0 Å².